The van der Waals surface area contributed by atoms with E-state index in [9.17, 15) is 24.2 Å². The van der Waals surface area contributed by atoms with E-state index in [-0.39, 0.29) is 49.0 Å². The predicted molar refractivity (Wildman–Crippen MR) is 194 cm³/mol. The first kappa shape index (κ1) is 52.1. The van der Waals surface area contributed by atoms with Crippen LogP contribution in [0.4, 0.5) is 0 Å². The number of phosphoric acid groups is 1. The minimum atomic E-state index is -4.85. The summed E-state index contributed by atoms with van der Waals surface area (Å²) in [6.07, 6.45) is 29.0. The number of phosphoric ester groups is 1. The summed E-state index contributed by atoms with van der Waals surface area (Å²) in [6, 6.07) is 0. The fourth-order valence-corrected chi connectivity index (χ4v) is 6.41. The van der Waals surface area contributed by atoms with Gasteiger partial charge in [-0.05, 0) is 12.8 Å². The Hall–Kier alpha value is -0.0300. The van der Waals surface area contributed by atoms with Gasteiger partial charge in [0.1, 0.15) is 12.7 Å². The molecule has 0 aliphatic heterocycles. The van der Waals surface area contributed by atoms with Gasteiger partial charge in [-0.25, -0.2) is 0 Å². The number of carbonyl (C=O) groups excluding carboxylic acids is 2. The van der Waals surface area contributed by atoms with E-state index >= 15 is 0 Å². The third-order valence-electron chi connectivity index (χ3n) is 8.75. The monoisotopic (exact) mass is 744 g/mol. The Kier molecular flexibility index (Phi) is 40.3. The summed E-state index contributed by atoms with van der Waals surface area (Å²) in [6.45, 7) is 2.21. The fraction of sp³-hybridized carbons (Fsp3) is 0.947. The molecule has 10 nitrogen and oxygen atoms in total. The van der Waals surface area contributed by atoms with E-state index in [0.717, 1.165) is 38.5 Å². The van der Waals surface area contributed by atoms with Crippen LogP contribution < -0.4 is 34.5 Å². The fourth-order valence-electron chi connectivity index (χ4n) is 5.63. The molecule has 50 heavy (non-hydrogen) atoms. The molecule has 0 saturated carbocycles. The van der Waals surface area contributed by atoms with E-state index in [1.165, 1.54) is 116 Å². The molecule has 0 heterocycles. The molecular formula is C38H74NaO10P. The van der Waals surface area contributed by atoms with Crippen LogP contribution in [0, 0.1) is 0 Å². The zero-order valence-electron chi connectivity index (χ0n) is 32.4. The summed E-state index contributed by atoms with van der Waals surface area (Å²) < 4.78 is 32.2. The van der Waals surface area contributed by atoms with Crippen molar-refractivity contribution in [3.05, 3.63) is 0 Å². The first-order valence-corrected chi connectivity index (χ1v) is 21.4. The molecule has 0 amide bonds. The molecule has 12 heteroatoms. The van der Waals surface area contributed by atoms with Crippen LogP contribution >= 0.6 is 7.82 Å². The Morgan fingerprint density at radius 2 is 0.900 bits per heavy atom. The van der Waals surface area contributed by atoms with Gasteiger partial charge in [-0.1, -0.05) is 168 Å². The van der Waals surface area contributed by atoms with Crippen LogP contribution in [0.3, 0.4) is 0 Å². The molecule has 0 rings (SSSR count). The van der Waals surface area contributed by atoms with Crippen molar-refractivity contribution < 1.29 is 77.3 Å². The normalized spacial score (nSPS) is 13.7. The smallest absolute Gasteiger partial charge is 0.756 e. The van der Waals surface area contributed by atoms with Gasteiger partial charge in [0.25, 0.3) is 7.82 Å². The number of hydrogen-bond acceptors (Lipinski definition) is 10. The Labute approximate surface area is 327 Å². The van der Waals surface area contributed by atoms with Crippen LogP contribution in [-0.4, -0.2) is 60.8 Å². The summed E-state index contributed by atoms with van der Waals surface area (Å²) in [5, 5.41) is 18.2. The molecule has 2 N–H and O–H groups in total. The Bertz CT molecular complexity index is 804. The summed E-state index contributed by atoms with van der Waals surface area (Å²) >= 11 is 0. The molecule has 0 aromatic carbocycles. The van der Waals surface area contributed by atoms with Gasteiger partial charge in [-0.2, -0.15) is 0 Å². The van der Waals surface area contributed by atoms with E-state index < -0.39 is 51.8 Å². The number of hydrogen-bond donors (Lipinski definition) is 2. The van der Waals surface area contributed by atoms with Crippen LogP contribution in [0.25, 0.3) is 0 Å². The van der Waals surface area contributed by atoms with Crippen molar-refractivity contribution >= 4 is 19.8 Å². The maximum absolute atomic E-state index is 12.5. The third-order valence-corrected chi connectivity index (χ3v) is 9.68. The van der Waals surface area contributed by atoms with Crippen LogP contribution in [0.5, 0.6) is 0 Å². The second-order valence-corrected chi connectivity index (χ2v) is 15.1. The molecule has 0 aromatic heterocycles. The summed E-state index contributed by atoms with van der Waals surface area (Å²) in [5.41, 5.74) is 0. The van der Waals surface area contributed by atoms with Crippen molar-refractivity contribution in [2.45, 2.75) is 206 Å². The molecule has 1 unspecified atom stereocenters. The number of aliphatic hydroxyl groups excluding tert-OH is 2. The Morgan fingerprint density at radius 3 is 1.28 bits per heavy atom. The van der Waals surface area contributed by atoms with Crippen LogP contribution in [0.2, 0.25) is 0 Å². The maximum Gasteiger partial charge on any atom is 1.00 e. The quantitative estimate of drug-likeness (QED) is 0.0321. The van der Waals surface area contributed by atoms with E-state index in [4.69, 9.17) is 19.1 Å². The molecule has 292 valence electrons. The van der Waals surface area contributed by atoms with Crippen molar-refractivity contribution in [3.63, 3.8) is 0 Å². The average molecular weight is 745 g/mol. The number of esters is 2. The van der Waals surface area contributed by atoms with Crippen LogP contribution in [0.15, 0.2) is 0 Å². The van der Waals surface area contributed by atoms with Gasteiger partial charge < -0.3 is 33.6 Å². The van der Waals surface area contributed by atoms with Gasteiger partial charge in [0, 0.05) is 12.8 Å². The standard InChI is InChI=1S/C38H75O10P.Na/c1-3-5-7-9-11-13-15-17-19-21-23-25-27-29-37(41)45-33-36(34-47-49(43,44)46-32-35(40)31-39)48-38(42)30-28-26-24-22-20-18-16-14-12-10-8-6-4-2;/h35-36,39-40H,3-34H2,1-2H3,(H,43,44);/q;+1/p-1/t35-,36-;/m0./s1. The van der Waals surface area contributed by atoms with E-state index in [2.05, 4.69) is 18.4 Å². The first-order chi connectivity index (χ1) is 23.7. The molecular weight excluding hydrogens is 670 g/mol. The predicted octanol–water partition coefficient (Wildman–Crippen LogP) is 6.26. The summed E-state index contributed by atoms with van der Waals surface area (Å²) in [4.78, 5) is 37.0. The van der Waals surface area contributed by atoms with Crippen molar-refractivity contribution in [2.75, 3.05) is 26.4 Å². The molecule has 0 saturated heterocycles. The topological polar surface area (TPSA) is 152 Å². The molecule has 0 aliphatic carbocycles. The number of ether oxygens (including phenoxy) is 2. The second kappa shape index (κ2) is 38.7. The van der Waals surface area contributed by atoms with Gasteiger partial charge in [0.15, 0.2) is 6.10 Å². The van der Waals surface area contributed by atoms with E-state index in [0.29, 0.717) is 12.8 Å². The molecule has 0 bridgehead atoms. The average Bonchev–Trinajstić information content (AvgIpc) is 3.09. The van der Waals surface area contributed by atoms with Gasteiger partial charge >= 0.3 is 41.5 Å². The van der Waals surface area contributed by atoms with Gasteiger partial charge in [0.2, 0.25) is 0 Å². The van der Waals surface area contributed by atoms with Crippen LogP contribution in [-0.2, 0) is 32.7 Å². The molecule has 3 atom stereocenters. The van der Waals surface area contributed by atoms with Gasteiger partial charge in [0.05, 0.1) is 19.8 Å². The first-order valence-electron chi connectivity index (χ1n) is 20.0. The SMILES string of the molecule is CCCCCCCCCCCCCCCC(=O)OC[C@@H](COP(=O)([O-])OC[C@@H](O)CO)OC(=O)CCCCCCCCCCCCCCC.[Na+]. The van der Waals surface area contributed by atoms with E-state index in [1.807, 2.05) is 0 Å². The molecule has 0 spiro atoms. The number of aliphatic hydroxyl groups is 2. The summed E-state index contributed by atoms with van der Waals surface area (Å²) in [5.74, 6) is -0.949. The summed E-state index contributed by atoms with van der Waals surface area (Å²) in [7, 11) is -4.85. The zero-order valence-corrected chi connectivity index (χ0v) is 35.3. The Morgan fingerprint density at radius 1 is 0.560 bits per heavy atom. The van der Waals surface area contributed by atoms with Gasteiger partial charge in [-0.15, -0.1) is 0 Å². The molecule has 0 radical (unpaired) electrons. The number of rotatable bonds is 38. The minimum Gasteiger partial charge on any atom is -0.756 e. The molecule has 0 fully saturated rings. The van der Waals surface area contributed by atoms with Crippen molar-refractivity contribution in [1.29, 1.82) is 0 Å². The van der Waals surface area contributed by atoms with Crippen molar-refractivity contribution in [1.82, 2.24) is 0 Å². The van der Waals surface area contributed by atoms with Gasteiger partial charge in [-0.3, -0.25) is 14.2 Å². The number of carbonyl (C=O) groups is 2. The zero-order chi connectivity index (χ0) is 36.3. The molecule has 0 aromatic rings. The van der Waals surface area contributed by atoms with Crippen molar-refractivity contribution in [2.24, 2.45) is 0 Å². The minimum absolute atomic E-state index is 0. The maximum atomic E-state index is 12.5. The second-order valence-electron chi connectivity index (χ2n) is 13.7. The molecule has 0 aliphatic rings. The van der Waals surface area contributed by atoms with Crippen molar-refractivity contribution in [3.8, 4) is 0 Å². The Balaban J connectivity index is 0. The number of unbranched alkanes of at least 4 members (excludes halogenated alkanes) is 24. The third kappa shape index (κ3) is 37.7. The largest absolute Gasteiger partial charge is 1.00 e. The van der Waals surface area contributed by atoms with E-state index in [1.54, 1.807) is 0 Å². The van der Waals surface area contributed by atoms with Crippen LogP contribution in [0.1, 0.15) is 194 Å².